The van der Waals surface area contributed by atoms with Crippen molar-refractivity contribution in [1.82, 2.24) is 19.7 Å². The van der Waals surface area contributed by atoms with Crippen molar-refractivity contribution in [3.8, 4) is 11.1 Å². The summed E-state index contributed by atoms with van der Waals surface area (Å²) in [4.78, 5) is 7.86. The number of rotatable bonds is 7. The van der Waals surface area contributed by atoms with E-state index in [1.807, 2.05) is 30.6 Å². The van der Waals surface area contributed by atoms with Crippen LogP contribution in [0.15, 0.2) is 36.0 Å². The zero-order chi connectivity index (χ0) is 18.7. The molecule has 0 saturated carbocycles. The van der Waals surface area contributed by atoms with Gasteiger partial charge >= 0.3 is 6.55 Å². The molecule has 2 aromatic heterocycles. The van der Waals surface area contributed by atoms with Gasteiger partial charge in [0.05, 0.1) is 17.4 Å². The second-order valence-electron chi connectivity index (χ2n) is 6.41. The third-order valence-corrected chi connectivity index (χ3v) is 5.48. The lowest BCUT2D eigenvalue weighted by Crippen LogP contribution is -2.20. The minimum atomic E-state index is -2.62. The van der Waals surface area contributed by atoms with Crippen molar-refractivity contribution in [2.45, 2.75) is 33.4 Å². The molecular weight excluding hydrogens is 354 g/mol. The summed E-state index contributed by atoms with van der Waals surface area (Å²) < 4.78 is 26.6. The highest BCUT2D eigenvalue weighted by molar-refractivity contribution is 7.09. The molecule has 1 aromatic carbocycles. The lowest BCUT2D eigenvalue weighted by molar-refractivity contribution is 0.0545. The van der Waals surface area contributed by atoms with Gasteiger partial charge in [0.25, 0.3) is 0 Å². The maximum Gasteiger partial charge on any atom is 0.333 e. The van der Waals surface area contributed by atoms with Crippen LogP contribution in [0.25, 0.3) is 11.1 Å². The molecule has 3 aromatic rings. The molecule has 2 heterocycles. The number of thiazole rings is 1. The van der Waals surface area contributed by atoms with Crippen LogP contribution in [0.3, 0.4) is 0 Å². The summed E-state index contributed by atoms with van der Waals surface area (Å²) in [6.45, 7) is 2.83. The molecule has 26 heavy (non-hydrogen) atoms. The fourth-order valence-electron chi connectivity index (χ4n) is 2.99. The van der Waals surface area contributed by atoms with E-state index < -0.39 is 6.55 Å². The van der Waals surface area contributed by atoms with Gasteiger partial charge in [-0.05, 0) is 44.5 Å². The number of likely N-dealkylation sites (N-methyl/N-ethyl adjacent to an activating group) is 1. The van der Waals surface area contributed by atoms with Crippen molar-refractivity contribution in [3.05, 3.63) is 57.8 Å². The fourth-order valence-corrected chi connectivity index (χ4v) is 3.76. The Balaban J connectivity index is 1.68. The molecule has 0 saturated heterocycles. The van der Waals surface area contributed by atoms with Crippen LogP contribution in [0.4, 0.5) is 8.78 Å². The lowest BCUT2D eigenvalue weighted by Gasteiger charge is -2.17. The topological polar surface area (TPSA) is 34.0 Å². The van der Waals surface area contributed by atoms with Crippen LogP contribution in [0.5, 0.6) is 0 Å². The van der Waals surface area contributed by atoms with Gasteiger partial charge in [-0.15, -0.1) is 11.3 Å². The first-order chi connectivity index (χ1) is 12.5. The highest BCUT2D eigenvalue weighted by atomic mass is 32.1. The van der Waals surface area contributed by atoms with Gasteiger partial charge in [-0.25, -0.2) is 9.67 Å². The van der Waals surface area contributed by atoms with E-state index in [-0.39, 0.29) is 0 Å². The number of aryl methyl sites for hydroxylation is 1. The Bertz CT molecular complexity index is 872. The maximum absolute atomic E-state index is 12.9. The van der Waals surface area contributed by atoms with Crippen LogP contribution >= 0.6 is 11.3 Å². The third kappa shape index (κ3) is 4.16. The zero-order valence-corrected chi connectivity index (χ0v) is 15.9. The zero-order valence-electron chi connectivity index (χ0n) is 15.1. The molecule has 0 spiro atoms. The van der Waals surface area contributed by atoms with Crippen molar-refractivity contribution in [2.75, 3.05) is 13.6 Å². The number of halogens is 2. The summed E-state index contributed by atoms with van der Waals surface area (Å²) in [6, 6.07) is 8.01. The van der Waals surface area contributed by atoms with Gasteiger partial charge in [-0.1, -0.05) is 18.2 Å². The van der Waals surface area contributed by atoms with Gasteiger partial charge in [-0.3, -0.25) is 0 Å². The van der Waals surface area contributed by atoms with E-state index >= 15 is 0 Å². The first kappa shape index (κ1) is 18.7. The van der Waals surface area contributed by atoms with Crippen molar-refractivity contribution < 1.29 is 8.78 Å². The van der Waals surface area contributed by atoms with E-state index in [0.717, 1.165) is 46.6 Å². The van der Waals surface area contributed by atoms with Crippen molar-refractivity contribution in [3.63, 3.8) is 0 Å². The minimum absolute atomic E-state index is 0.478. The Kier molecular flexibility index (Phi) is 5.78. The molecular formula is C19H22F2N4S. The summed E-state index contributed by atoms with van der Waals surface area (Å²) in [7, 11) is 2.09. The number of hydrogen-bond acceptors (Lipinski definition) is 4. The van der Waals surface area contributed by atoms with Gasteiger partial charge in [0.15, 0.2) is 0 Å². The summed E-state index contributed by atoms with van der Waals surface area (Å²) in [5, 5.41) is 3.80. The normalized spacial score (nSPS) is 11.7. The Morgan fingerprint density at radius 1 is 1.27 bits per heavy atom. The molecule has 0 aliphatic carbocycles. The molecule has 0 radical (unpaired) electrons. The predicted molar refractivity (Wildman–Crippen MR) is 101 cm³/mol. The van der Waals surface area contributed by atoms with Crippen LogP contribution in [-0.4, -0.2) is 33.3 Å². The maximum atomic E-state index is 12.9. The fraction of sp³-hybridized carbons (Fsp3) is 0.368. The molecule has 0 aliphatic heterocycles. The number of hydrogen-bond donors (Lipinski definition) is 0. The lowest BCUT2D eigenvalue weighted by atomic mass is 10.0. The number of aromatic nitrogens is 3. The van der Waals surface area contributed by atoms with E-state index in [2.05, 4.69) is 28.1 Å². The Morgan fingerprint density at radius 3 is 2.73 bits per heavy atom. The van der Waals surface area contributed by atoms with E-state index in [9.17, 15) is 8.78 Å². The molecule has 7 heteroatoms. The largest absolute Gasteiger partial charge is 0.333 e. The molecule has 0 amide bonds. The van der Waals surface area contributed by atoms with Crippen molar-refractivity contribution in [1.29, 1.82) is 0 Å². The monoisotopic (exact) mass is 376 g/mol. The predicted octanol–water partition coefficient (Wildman–Crippen LogP) is 4.69. The van der Waals surface area contributed by atoms with Gasteiger partial charge in [-0.2, -0.15) is 13.9 Å². The second-order valence-corrected chi connectivity index (χ2v) is 7.35. The first-order valence-corrected chi connectivity index (χ1v) is 9.32. The average molecular weight is 376 g/mol. The molecule has 0 aliphatic rings. The molecule has 0 N–H and O–H groups in total. The highest BCUT2D eigenvalue weighted by Crippen LogP contribution is 2.26. The van der Waals surface area contributed by atoms with Crippen LogP contribution in [0.1, 0.15) is 28.4 Å². The molecule has 138 valence electrons. The van der Waals surface area contributed by atoms with Gasteiger partial charge in [0.1, 0.15) is 0 Å². The molecule has 0 unspecified atom stereocenters. The molecule has 4 nitrogen and oxygen atoms in total. The Hall–Kier alpha value is -2.12. The quantitative estimate of drug-likeness (QED) is 0.600. The van der Waals surface area contributed by atoms with E-state index in [4.69, 9.17) is 0 Å². The minimum Gasteiger partial charge on any atom is -0.302 e. The first-order valence-electron chi connectivity index (χ1n) is 8.44. The SMILES string of the molecule is Cc1ncsc1CCN(C)Cc1cccc(-c2cnn(C(F)F)c2C)c1. The summed E-state index contributed by atoms with van der Waals surface area (Å²) in [6.07, 6.45) is 2.49. The van der Waals surface area contributed by atoms with Gasteiger partial charge in [0.2, 0.25) is 0 Å². The second kappa shape index (κ2) is 8.05. The van der Waals surface area contributed by atoms with Gasteiger partial charge < -0.3 is 4.90 Å². The number of benzene rings is 1. The van der Waals surface area contributed by atoms with Crippen LogP contribution in [0.2, 0.25) is 0 Å². The summed E-state index contributed by atoms with van der Waals surface area (Å²) in [5.41, 5.74) is 6.28. The smallest absolute Gasteiger partial charge is 0.302 e. The Morgan fingerprint density at radius 2 is 2.08 bits per heavy atom. The standard InChI is InChI=1S/C19H22F2N4S/c1-13-18(26-12-22-13)7-8-24(3)11-15-5-4-6-16(9-15)17-10-23-25(14(17)2)19(20)21/h4-6,9-10,12,19H,7-8,11H2,1-3H3. The van der Waals surface area contributed by atoms with E-state index in [1.54, 1.807) is 18.3 Å². The van der Waals surface area contributed by atoms with E-state index in [1.165, 1.54) is 11.1 Å². The van der Waals surface area contributed by atoms with Gasteiger partial charge in [0, 0.05) is 29.2 Å². The van der Waals surface area contributed by atoms with Crippen molar-refractivity contribution >= 4 is 11.3 Å². The van der Waals surface area contributed by atoms with Crippen LogP contribution in [-0.2, 0) is 13.0 Å². The molecule has 0 atom stereocenters. The number of alkyl halides is 2. The average Bonchev–Trinajstić information content (AvgIpc) is 3.19. The molecule has 3 rings (SSSR count). The molecule has 0 fully saturated rings. The third-order valence-electron chi connectivity index (χ3n) is 4.49. The Labute approximate surface area is 156 Å². The van der Waals surface area contributed by atoms with Crippen LogP contribution < -0.4 is 0 Å². The highest BCUT2D eigenvalue weighted by Gasteiger charge is 2.15. The van der Waals surface area contributed by atoms with E-state index in [0.29, 0.717) is 5.69 Å². The number of nitrogens with zero attached hydrogens (tertiary/aromatic N) is 4. The van der Waals surface area contributed by atoms with Crippen molar-refractivity contribution in [2.24, 2.45) is 0 Å². The van der Waals surface area contributed by atoms with Crippen LogP contribution in [0, 0.1) is 13.8 Å². The molecule has 0 bridgehead atoms. The summed E-state index contributed by atoms with van der Waals surface area (Å²) >= 11 is 1.70. The summed E-state index contributed by atoms with van der Waals surface area (Å²) in [5.74, 6) is 0.